The molecule has 0 amide bonds. The first-order valence-electron chi connectivity index (χ1n) is 9.57. The summed E-state index contributed by atoms with van der Waals surface area (Å²) in [6.45, 7) is 5.46. The van der Waals surface area contributed by atoms with Gasteiger partial charge in [0.2, 0.25) is 0 Å². The molecule has 0 N–H and O–H groups in total. The highest BCUT2D eigenvalue weighted by atomic mass is 16.1. The maximum absolute atomic E-state index is 12.4. The normalized spacial score (nSPS) is 11.6. The predicted molar refractivity (Wildman–Crippen MR) is 119 cm³/mol. The van der Waals surface area contributed by atoms with Gasteiger partial charge in [0.25, 0.3) is 0 Å². The largest absolute Gasteiger partial charge is 0.311 e. The second kappa shape index (κ2) is 8.58. The van der Waals surface area contributed by atoms with Crippen LogP contribution in [0.3, 0.4) is 0 Å². The van der Waals surface area contributed by atoms with Gasteiger partial charge in [0.15, 0.2) is 5.78 Å². The number of anilines is 3. The molecular formula is C26H24N2O. The van der Waals surface area contributed by atoms with Gasteiger partial charge in [-0.15, -0.1) is 0 Å². The Balaban J connectivity index is 1.98. The number of Topliss-reactive ketones (excluding diaryl/α,β-unsaturated/α-hetero) is 1. The molecule has 0 aromatic heterocycles. The smallest absolute Gasteiger partial charge is 0.178 e. The van der Waals surface area contributed by atoms with Crippen LogP contribution in [0.4, 0.5) is 17.1 Å². The summed E-state index contributed by atoms with van der Waals surface area (Å²) in [5.41, 5.74) is 3.53. The van der Waals surface area contributed by atoms with Crippen molar-refractivity contribution in [3.63, 3.8) is 0 Å². The van der Waals surface area contributed by atoms with Crippen LogP contribution in [0.25, 0.3) is 6.08 Å². The maximum Gasteiger partial charge on any atom is 0.178 e. The molecule has 3 aromatic rings. The zero-order valence-electron chi connectivity index (χ0n) is 17.0. The van der Waals surface area contributed by atoms with Crippen molar-refractivity contribution in [2.75, 3.05) is 4.90 Å². The Hall–Kier alpha value is -3.64. The first kappa shape index (κ1) is 20.1. The van der Waals surface area contributed by atoms with Gasteiger partial charge in [-0.1, -0.05) is 69.3 Å². The number of benzene rings is 3. The highest BCUT2D eigenvalue weighted by Crippen LogP contribution is 2.34. The van der Waals surface area contributed by atoms with E-state index < -0.39 is 5.41 Å². The molecule has 144 valence electrons. The Labute approximate surface area is 172 Å². The number of nitriles is 1. The second-order valence-corrected chi connectivity index (χ2v) is 7.85. The van der Waals surface area contributed by atoms with E-state index in [1.807, 2.05) is 87.5 Å². The highest BCUT2D eigenvalue weighted by molar-refractivity contribution is 6.06. The zero-order valence-corrected chi connectivity index (χ0v) is 17.0. The highest BCUT2D eigenvalue weighted by Gasteiger charge is 2.24. The first-order valence-corrected chi connectivity index (χ1v) is 9.57. The Kier molecular flexibility index (Phi) is 5.95. The van der Waals surface area contributed by atoms with E-state index in [0.29, 0.717) is 0 Å². The Morgan fingerprint density at radius 3 is 1.66 bits per heavy atom. The predicted octanol–water partition coefficient (Wildman–Crippen LogP) is 6.68. The van der Waals surface area contributed by atoms with Gasteiger partial charge >= 0.3 is 0 Å². The quantitative estimate of drug-likeness (QED) is 0.366. The lowest BCUT2D eigenvalue weighted by atomic mass is 9.86. The van der Waals surface area contributed by atoms with Gasteiger partial charge in [0.1, 0.15) is 6.07 Å². The van der Waals surface area contributed by atoms with E-state index in [4.69, 9.17) is 0 Å². The van der Waals surface area contributed by atoms with E-state index in [9.17, 15) is 10.1 Å². The number of allylic oxidation sites excluding steroid dienone is 1. The van der Waals surface area contributed by atoms with E-state index in [2.05, 4.69) is 29.2 Å². The number of rotatable bonds is 5. The summed E-state index contributed by atoms with van der Waals surface area (Å²) >= 11 is 0. The molecule has 0 aliphatic carbocycles. The Morgan fingerprint density at radius 1 is 0.793 bits per heavy atom. The molecule has 29 heavy (non-hydrogen) atoms. The third-order valence-corrected chi connectivity index (χ3v) is 4.54. The van der Waals surface area contributed by atoms with Crippen molar-refractivity contribution in [2.24, 2.45) is 5.41 Å². The third-order valence-electron chi connectivity index (χ3n) is 4.54. The van der Waals surface area contributed by atoms with Crippen LogP contribution in [0.15, 0.2) is 90.5 Å². The lowest BCUT2D eigenvalue weighted by molar-refractivity contribution is -0.121. The average molecular weight is 380 g/mol. The lowest BCUT2D eigenvalue weighted by Gasteiger charge is -2.25. The molecule has 0 spiro atoms. The summed E-state index contributed by atoms with van der Waals surface area (Å²) in [6.07, 6.45) is 1.66. The third kappa shape index (κ3) is 4.80. The van der Waals surface area contributed by atoms with Crippen molar-refractivity contribution < 1.29 is 4.79 Å². The molecule has 0 saturated carbocycles. The summed E-state index contributed by atoms with van der Waals surface area (Å²) in [4.78, 5) is 14.6. The number of hydrogen-bond acceptors (Lipinski definition) is 3. The topological polar surface area (TPSA) is 44.1 Å². The summed E-state index contributed by atoms with van der Waals surface area (Å²) < 4.78 is 0. The fourth-order valence-corrected chi connectivity index (χ4v) is 3.04. The number of nitrogens with zero attached hydrogens (tertiary/aromatic N) is 2. The molecule has 0 saturated heterocycles. The van der Waals surface area contributed by atoms with Crippen LogP contribution in [0.1, 0.15) is 26.3 Å². The van der Waals surface area contributed by atoms with Crippen molar-refractivity contribution in [2.45, 2.75) is 20.8 Å². The minimum absolute atomic E-state index is 0.153. The molecule has 0 fully saturated rings. The summed E-state index contributed by atoms with van der Waals surface area (Å²) in [7, 11) is 0. The van der Waals surface area contributed by atoms with E-state index >= 15 is 0 Å². The van der Waals surface area contributed by atoms with Crippen LogP contribution in [0.5, 0.6) is 0 Å². The van der Waals surface area contributed by atoms with Crippen LogP contribution in [0, 0.1) is 16.7 Å². The molecular weight excluding hydrogens is 356 g/mol. The molecule has 3 aromatic carbocycles. The minimum Gasteiger partial charge on any atom is -0.311 e. The summed E-state index contributed by atoms with van der Waals surface area (Å²) in [6, 6.07) is 30.2. The van der Waals surface area contributed by atoms with Crippen LogP contribution in [-0.2, 0) is 4.79 Å². The van der Waals surface area contributed by atoms with Crippen LogP contribution in [0.2, 0.25) is 0 Å². The molecule has 3 rings (SSSR count). The molecule has 3 nitrogen and oxygen atoms in total. The van der Waals surface area contributed by atoms with Gasteiger partial charge in [-0.3, -0.25) is 4.79 Å². The molecule has 0 aliphatic rings. The van der Waals surface area contributed by atoms with Crippen LogP contribution in [-0.4, -0.2) is 5.78 Å². The number of carbonyl (C=O) groups excluding carboxylic acids is 1. The monoisotopic (exact) mass is 380 g/mol. The van der Waals surface area contributed by atoms with E-state index in [-0.39, 0.29) is 11.4 Å². The summed E-state index contributed by atoms with van der Waals surface area (Å²) in [5, 5.41) is 9.41. The van der Waals surface area contributed by atoms with Gasteiger partial charge < -0.3 is 4.90 Å². The molecule has 0 aliphatic heterocycles. The SMILES string of the molecule is CC(C)(C)C(=O)/C(C#N)=C/c1ccc(N(c2ccccc2)c2ccccc2)cc1. The minimum atomic E-state index is -0.584. The molecule has 0 bridgehead atoms. The molecule has 0 unspecified atom stereocenters. The van der Waals surface area contributed by atoms with Gasteiger partial charge in [0, 0.05) is 22.5 Å². The van der Waals surface area contributed by atoms with Crippen molar-refractivity contribution >= 4 is 28.9 Å². The van der Waals surface area contributed by atoms with Gasteiger partial charge in [0.05, 0.1) is 5.57 Å². The van der Waals surface area contributed by atoms with Crippen LogP contribution < -0.4 is 4.90 Å². The van der Waals surface area contributed by atoms with Crippen molar-refractivity contribution in [1.29, 1.82) is 5.26 Å². The standard InChI is InChI=1S/C26H24N2O/c1-26(2,3)25(29)21(19-27)18-20-14-16-24(17-15-20)28(22-10-6-4-7-11-22)23-12-8-5-9-13-23/h4-18H,1-3H3/b21-18+. The summed E-state index contributed by atoms with van der Waals surface area (Å²) in [5.74, 6) is -0.153. The molecule has 0 radical (unpaired) electrons. The fraction of sp³-hybridized carbons (Fsp3) is 0.154. The van der Waals surface area contributed by atoms with Gasteiger partial charge in [-0.2, -0.15) is 5.26 Å². The van der Waals surface area contributed by atoms with E-state index in [1.165, 1.54) is 0 Å². The Bertz CT molecular complexity index is 998. The first-order chi connectivity index (χ1) is 13.9. The number of hydrogen-bond donors (Lipinski definition) is 0. The fourth-order valence-electron chi connectivity index (χ4n) is 3.04. The second-order valence-electron chi connectivity index (χ2n) is 7.85. The zero-order chi connectivity index (χ0) is 20.9. The van der Waals surface area contributed by atoms with Gasteiger partial charge in [-0.05, 0) is 48.0 Å². The molecule has 3 heteroatoms. The van der Waals surface area contributed by atoms with Crippen LogP contribution >= 0.6 is 0 Å². The molecule has 0 heterocycles. The number of para-hydroxylation sites is 2. The number of carbonyl (C=O) groups is 1. The lowest BCUT2D eigenvalue weighted by Crippen LogP contribution is -2.21. The van der Waals surface area contributed by atoms with E-state index in [0.717, 1.165) is 22.6 Å². The van der Waals surface area contributed by atoms with Crippen molar-refractivity contribution in [1.82, 2.24) is 0 Å². The van der Waals surface area contributed by atoms with Gasteiger partial charge in [-0.25, -0.2) is 0 Å². The molecule has 0 atom stereocenters. The average Bonchev–Trinajstić information content (AvgIpc) is 2.74. The van der Waals surface area contributed by atoms with E-state index in [1.54, 1.807) is 6.08 Å². The van der Waals surface area contributed by atoms with Crippen molar-refractivity contribution in [3.8, 4) is 6.07 Å². The maximum atomic E-state index is 12.4. The number of ketones is 1. The Morgan fingerprint density at radius 2 is 1.24 bits per heavy atom. The van der Waals surface area contributed by atoms with Crippen molar-refractivity contribution in [3.05, 3.63) is 96.1 Å².